The van der Waals surface area contributed by atoms with Gasteiger partial charge in [-0.15, -0.1) is 0 Å². The largest absolute Gasteiger partial charge is 0.386 e. The highest BCUT2D eigenvalue weighted by molar-refractivity contribution is 6.33. The SMILES string of the molecule is [C-]#[N+]c1ccc(N2CCc3c(ncnc3Nc3ccc(C(C)(C)O)c(F)n3)C2)cc1Cl. The summed E-state index contributed by atoms with van der Waals surface area (Å²) in [6, 6.07) is 8.50. The van der Waals surface area contributed by atoms with Crippen molar-refractivity contribution in [2.24, 2.45) is 0 Å². The van der Waals surface area contributed by atoms with Crippen LogP contribution in [0.1, 0.15) is 30.7 Å². The van der Waals surface area contributed by atoms with E-state index in [0.717, 1.165) is 16.9 Å². The van der Waals surface area contributed by atoms with Crippen LogP contribution < -0.4 is 10.2 Å². The summed E-state index contributed by atoms with van der Waals surface area (Å²) in [6.07, 6.45) is 2.13. The van der Waals surface area contributed by atoms with E-state index < -0.39 is 11.5 Å². The molecule has 0 radical (unpaired) electrons. The van der Waals surface area contributed by atoms with E-state index in [9.17, 15) is 9.50 Å². The number of benzene rings is 1. The minimum Gasteiger partial charge on any atom is -0.386 e. The van der Waals surface area contributed by atoms with Gasteiger partial charge in [-0.05, 0) is 44.5 Å². The van der Waals surface area contributed by atoms with Crippen molar-refractivity contribution in [3.8, 4) is 0 Å². The van der Waals surface area contributed by atoms with Crippen molar-refractivity contribution in [3.05, 3.63) is 75.9 Å². The molecule has 0 atom stereocenters. The van der Waals surface area contributed by atoms with Gasteiger partial charge in [-0.25, -0.2) is 19.8 Å². The molecule has 0 bridgehead atoms. The Morgan fingerprint density at radius 2 is 2.06 bits per heavy atom. The number of aliphatic hydroxyl groups is 1. The number of rotatable bonds is 4. The average Bonchev–Trinajstić information content (AvgIpc) is 2.72. The summed E-state index contributed by atoms with van der Waals surface area (Å²) in [5.41, 5.74) is 1.94. The highest BCUT2D eigenvalue weighted by Crippen LogP contribution is 2.33. The Hall–Kier alpha value is -3.28. The number of hydrogen-bond donors (Lipinski definition) is 2. The Morgan fingerprint density at radius 1 is 1.26 bits per heavy atom. The lowest BCUT2D eigenvalue weighted by molar-refractivity contribution is 0.0737. The number of anilines is 3. The van der Waals surface area contributed by atoms with E-state index >= 15 is 0 Å². The normalized spacial score (nSPS) is 13.5. The third-order valence-electron chi connectivity index (χ3n) is 5.18. The van der Waals surface area contributed by atoms with Gasteiger partial charge < -0.3 is 15.3 Å². The Kier molecular flexibility index (Phi) is 5.48. The van der Waals surface area contributed by atoms with Crippen molar-refractivity contribution in [1.29, 1.82) is 0 Å². The summed E-state index contributed by atoms with van der Waals surface area (Å²) >= 11 is 6.19. The first-order valence-corrected chi connectivity index (χ1v) is 10.0. The van der Waals surface area contributed by atoms with Crippen molar-refractivity contribution in [2.45, 2.75) is 32.4 Å². The van der Waals surface area contributed by atoms with E-state index in [1.54, 1.807) is 18.2 Å². The van der Waals surface area contributed by atoms with Gasteiger partial charge in [-0.3, -0.25) is 0 Å². The zero-order chi connectivity index (χ0) is 22.2. The molecule has 0 unspecified atom stereocenters. The molecule has 7 nitrogen and oxygen atoms in total. The first-order valence-electron chi connectivity index (χ1n) is 9.67. The second kappa shape index (κ2) is 8.10. The maximum atomic E-state index is 14.3. The molecule has 0 spiro atoms. The maximum absolute atomic E-state index is 14.3. The van der Waals surface area contributed by atoms with Crippen molar-refractivity contribution in [1.82, 2.24) is 15.0 Å². The fraction of sp³-hybridized carbons (Fsp3) is 0.273. The van der Waals surface area contributed by atoms with Crippen LogP contribution in [-0.4, -0.2) is 26.6 Å². The van der Waals surface area contributed by atoms with Crippen LogP contribution in [0.4, 0.5) is 27.4 Å². The lowest BCUT2D eigenvalue weighted by Gasteiger charge is -2.31. The number of halogens is 2. The first-order chi connectivity index (χ1) is 14.8. The molecule has 4 rings (SSSR count). The fourth-order valence-electron chi connectivity index (χ4n) is 3.55. The van der Waals surface area contributed by atoms with E-state index in [4.69, 9.17) is 18.2 Å². The van der Waals surface area contributed by atoms with Crippen molar-refractivity contribution < 1.29 is 9.50 Å². The number of hydrogen-bond acceptors (Lipinski definition) is 6. The van der Waals surface area contributed by atoms with Crippen molar-refractivity contribution >= 4 is 34.6 Å². The topological polar surface area (TPSA) is 78.5 Å². The number of aromatic nitrogens is 3. The van der Waals surface area contributed by atoms with E-state index in [1.807, 2.05) is 6.07 Å². The van der Waals surface area contributed by atoms with Gasteiger partial charge in [-0.1, -0.05) is 17.7 Å². The molecule has 0 fully saturated rings. The molecule has 1 aromatic carbocycles. The molecule has 3 heterocycles. The Labute approximate surface area is 184 Å². The minimum absolute atomic E-state index is 0.126. The summed E-state index contributed by atoms with van der Waals surface area (Å²) in [6.45, 7) is 11.4. The molecule has 0 saturated carbocycles. The van der Waals surface area contributed by atoms with E-state index in [2.05, 4.69) is 30.0 Å². The van der Waals surface area contributed by atoms with Crippen molar-refractivity contribution in [2.75, 3.05) is 16.8 Å². The summed E-state index contributed by atoms with van der Waals surface area (Å²) in [7, 11) is 0. The highest BCUT2D eigenvalue weighted by atomic mass is 35.5. The maximum Gasteiger partial charge on any atom is 0.220 e. The monoisotopic (exact) mass is 438 g/mol. The predicted octanol–water partition coefficient (Wildman–Crippen LogP) is 4.75. The summed E-state index contributed by atoms with van der Waals surface area (Å²) in [4.78, 5) is 18.2. The molecule has 9 heteroatoms. The van der Waals surface area contributed by atoms with Crippen LogP contribution >= 0.6 is 11.6 Å². The number of pyridine rings is 1. The Balaban J connectivity index is 1.57. The molecule has 2 aromatic heterocycles. The lowest BCUT2D eigenvalue weighted by atomic mass is 10.0. The van der Waals surface area contributed by atoms with Gasteiger partial charge in [0.2, 0.25) is 11.6 Å². The second-order valence-electron chi connectivity index (χ2n) is 7.79. The van der Waals surface area contributed by atoms with Crippen LogP contribution in [0.25, 0.3) is 4.85 Å². The van der Waals surface area contributed by atoms with Gasteiger partial charge in [0.1, 0.15) is 18.0 Å². The van der Waals surface area contributed by atoms with E-state index in [1.165, 1.54) is 26.2 Å². The Bertz CT molecular complexity index is 1190. The van der Waals surface area contributed by atoms with Gasteiger partial charge in [0.05, 0.1) is 24.4 Å². The summed E-state index contributed by atoms with van der Waals surface area (Å²) in [5, 5.41) is 13.5. The van der Waals surface area contributed by atoms with Crippen LogP contribution in [0, 0.1) is 12.5 Å². The smallest absolute Gasteiger partial charge is 0.220 e. The summed E-state index contributed by atoms with van der Waals surface area (Å²) in [5.74, 6) is 0.149. The van der Waals surface area contributed by atoms with Crippen molar-refractivity contribution in [3.63, 3.8) is 0 Å². The number of nitrogens with zero attached hydrogens (tertiary/aromatic N) is 5. The molecule has 0 saturated heterocycles. The highest BCUT2D eigenvalue weighted by Gasteiger charge is 2.24. The van der Waals surface area contributed by atoms with Crippen LogP contribution in [0.2, 0.25) is 5.02 Å². The first kappa shape index (κ1) is 21.0. The quantitative estimate of drug-likeness (QED) is 0.452. The molecule has 0 amide bonds. The zero-order valence-corrected chi connectivity index (χ0v) is 17.8. The Morgan fingerprint density at radius 3 is 2.74 bits per heavy atom. The number of nitrogens with one attached hydrogen (secondary N) is 1. The van der Waals surface area contributed by atoms with E-state index in [-0.39, 0.29) is 5.56 Å². The van der Waals surface area contributed by atoms with Gasteiger partial charge >= 0.3 is 0 Å². The molecule has 2 N–H and O–H groups in total. The molecule has 31 heavy (non-hydrogen) atoms. The molecule has 158 valence electrons. The van der Waals surface area contributed by atoms with Gasteiger partial charge in [0, 0.05) is 28.4 Å². The molecule has 0 aliphatic carbocycles. The molecule has 1 aliphatic rings. The van der Waals surface area contributed by atoms with Gasteiger partial charge in [-0.2, -0.15) is 4.39 Å². The number of fused-ring (bicyclic) bond motifs is 1. The molecule has 1 aliphatic heterocycles. The predicted molar refractivity (Wildman–Crippen MR) is 117 cm³/mol. The molecule has 3 aromatic rings. The third kappa shape index (κ3) is 4.29. The van der Waals surface area contributed by atoms with Crippen LogP contribution in [0.3, 0.4) is 0 Å². The summed E-state index contributed by atoms with van der Waals surface area (Å²) < 4.78 is 14.3. The van der Waals surface area contributed by atoms with Gasteiger partial charge in [0.15, 0.2) is 0 Å². The van der Waals surface area contributed by atoms with Crippen LogP contribution in [0.15, 0.2) is 36.7 Å². The molecular formula is C22H20ClFN6O. The minimum atomic E-state index is -1.32. The average molecular weight is 439 g/mol. The standard InChI is InChI=1S/C22H20ClFN6O/c1-22(2,31)15-5-7-19(28-20(15)24)29-21-14-8-9-30(11-18(14)26-12-27-21)13-4-6-17(25-3)16(23)10-13/h4-7,10,12,31H,8-9,11H2,1-2H3,(H,26,27,28,29). The van der Waals surface area contributed by atoms with Crippen LogP contribution in [-0.2, 0) is 18.6 Å². The lowest BCUT2D eigenvalue weighted by Crippen LogP contribution is -2.31. The zero-order valence-electron chi connectivity index (χ0n) is 17.0. The fourth-order valence-corrected chi connectivity index (χ4v) is 3.76. The second-order valence-corrected chi connectivity index (χ2v) is 8.19. The molecular weight excluding hydrogens is 419 g/mol. The third-order valence-corrected chi connectivity index (χ3v) is 5.48. The van der Waals surface area contributed by atoms with E-state index in [0.29, 0.717) is 41.9 Å². The van der Waals surface area contributed by atoms with Gasteiger partial charge in [0.25, 0.3) is 0 Å². The van der Waals surface area contributed by atoms with Crippen LogP contribution in [0.5, 0.6) is 0 Å².